The fraction of sp³-hybridized carbons (Fsp3) is 0.222. The van der Waals surface area contributed by atoms with Gasteiger partial charge < -0.3 is 20.4 Å². The van der Waals surface area contributed by atoms with Crippen molar-refractivity contribution >= 4 is 17.3 Å². The van der Waals surface area contributed by atoms with Gasteiger partial charge in [-0.05, 0) is 55.2 Å². The summed E-state index contributed by atoms with van der Waals surface area (Å²) >= 11 is 0. The number of fused-ring (bicyclic) bond motifs is 3. The van der Waals surface area contributed by atoms with E-state index in [1.807, 2.05) is 49.4 Å². The van der Waals surface area contributed by atoms with Gasteiger partial charge >= 0.3 is 0 Å². The zero-order valence-corrected chi connectivity index (χ0v) is 17.9. The van der Waals surface area contributed by atoms with Gasteiger partial charge in [0.05, 0.1) is 17.3 Å². The van der Waals surface area contributed by atoms with Gasteiger partial charge in [0, 0.05) is 29.8 Å². The van der Waals surface area contributed by atoms with Gasteiger partial charge in [0.2, 0.25) is 0 Å². The predicted molar refractivity (Wildman–Crippen MR) is 126 cm³/mol. The van der Waals surface area contributed by atoms with Crippen molar-refractivity contribution < 1.29 is 15.0 Å². The summed E-state index contributed by atoms with van der Waals surface area (Å²) in [6.07, 6.45) is 5.26. The lowest BCUT2D eigenvalue weighted by Gasteiger charge is -2.39. The summed E-state index contributed by atoms with van der Waals surface area (Å²) in [6.45, 7) is 2.53. The molecule has 0 saturated heterocycles. The third kappa shape index (κ3) is 3.30. The Hall–Kier alpha value is -3.73. The van der Waals surface area contributed by atoms with Crippen LogP contribution in [0.5, 0.6) is 11.5 Å². The Bertz CT molecular complexity index is 1190. The van der Waals surface area contributed by atoms with Crippen molar-refractivity contribution in [3.8, 4) is 11.5 Å². The maximum Gasteiger partial charge on any atom is 0.260 e. The number of aromatic hydroxyl groups is 2. The molecule has 3 aromatic carbocycles. The smallest absolute Gasteiger partial charge is 0.260 e. The van der Waals surface area contributed by atoms with Gasteiger partial charge in [-0.2, -0.15) is 0 Å². The highest BCUT2D eigenvalue weighted by Crippen LogP contribution is 2.52. The molecule has 0 aromatic heterocycles. The first-order valence-electron chi connectivity index (χ1n) is 11.0. The van der Waals surface area contributed by atoms with Crippen LogP contribution in [0, 0.1) is 5.92 Å². The number of nitrogens with one attached hydrogen (secondary N) is 1. The number of phenols is 2. The number of carbonyl (C=O) groups is 1. The molecule has 0 bridgehead atoms. The van der Waals surface area contributed by atoms with Crippen molar-refractivity contribution in [2.75, 3.05) is 16.8 Å². The molecular formula is C27H26N2O3. The van der Waals surface area contributed by atoms with Crippen LogP contribution in [0.15, 0.2) is 78.9 Å². The largest absolute Gasteiger partial charge is 0.508 e. The molecule has 1 aliphatic carbocycles. The van der Waals surface area contributed by atoms with Crippen LogP contribution in [0.2, 0.25) is 0 Å². The maximum atomic E-state index is 13.7. The molecule has 3 atom stereocenters. The van der Waals surface area contributed by atoms with Crippen LogP contribution in [-0.4, -0.2) is 22.7 Å². The molecular weight excluding hydrogens is 400 g/mol. The molecule has 0 fully saturated rings. The summed E-state index contributed by atoms with van der Waals surface area (Å²) in [7, 11) is 0. The summed E-state index contributed by atoms with van der Waals surface area (Å²) in [6, 6.07) is 20.1. The minimum atomic E-state index is -0.177. The van der Waals surface area contributed by atoms with E-state index in [-0.39, 0.29) is 35.3 Å². The number of para-hydroxylation sites is 2. The van der Waals surface area contributed by atoms with Crippen LogP contribution in [0.4, 0.5) is 11.4 Å². The van der Waals surface area contributed by atoms with E-state index in [9.17, 15) is 15.0 Å². The minimum absolute atomic E-state index is 0.0286. The Kier molecular flexibility index (Phi) is 5.10. The standard InChI is InChI=1S/C27H26N2O3/c1-2-29(17-8-4-3-5-9-17)27(32)23-13-7-12-21-19-10-6-11-20(19)25(28-26(21)23)22-15-14-18(30)16-24(22)31/h3-10,12-16,19-20,25,28,30-31H,2,11H2,1H3. The van der Waals surface area contributed by atoms with E-state index < -0.39 is 0 Å². The zero-order valence-electron chi connectivity index (χ0n) is 17.9. The van der Waals surface area contributed by atoms with Gasteiger partial charge in [0.1, 0.15) is 11.5 Å². The van der Waals surface area contributed by atoms with Gasteiger partial charge in [0.15, 0.2) is 0 Å². The first-order valence-corrected chi connectivity index (χ1v) is 11.0. The van der Waals surface area contributed by atoms with Crippen molar-refractivity contribution in [1.29, 1.82) is 0 Å². The highest BCUT2D eigenvalue weighted by atomic mass is 16.3. The highest BCUT2D eigenvalue weighted by Gasteiger charge is 2.40. The van der Waals surface area contributed by atoms with Gasteiger partial charge in [-0.1, -0.05) is 42.5 Å². The molecule has 5 rings (SSSR count). The molecule has 32 heavy (non-hydrogen) atoms. The van der Waals surface area contributed by atoms with Crippen LogP contribution in [0.1, 0.15) is 46.8 Å². The van der Waals surface area contributed by atoms with Crippen molar-refractivity contribution in [2.45, 2.75) is 25.3 Å². The number of allylic oxidation sites excluding steroid dienone is 2. The number of phenolic OH excluding ortho intramolecular Hbond substituents is 2. The van der Waals surface area contributed by atoms with Crippen LogP contribution in [0.3, 0.4) is 0 Å². The number of carbonyl (C=O) groups excluding carboxylic acids is 1. The summed E-state index contributed by atoms with van der Waals surface area (Å²) in [5, 5.41) is 23.9. The summed E-state index contributed by atoms with van der Waals surface area (Å²) in [4.78, 5) is 15.5. The fourth-order valence-corrected chi connectivity index (χ4v) is 5.10. The quantitative estimate of drug-likeness (QED) is 0.476. The second-order valence-electron chi connectivity index (χ2n) is 8.37. The Morgan fingerprint density at radius 2 is 1.84 bits per heavy atom. The van der Waals surface area contributed by atoms with E-state index in [0.717, 1.165) is 28.9 Å². The molecule has 5 heteroatoms. The molecule has 1 heterocycles. The number of hydrogen-bond donors (Lipinski definition) is 3. The third-order valence-corrected chi connectivity index (χ3v) is 6.61. The molecule has 0 radical (unpaired) electrons. The van der Waals surface area contributed by atoms with Gasteiger partial charge in [-0.25, -0.2) is 0 Å². The molecule has 5 nitrogen and oxygen atoms in total. The molecule has 162 valence electrons. The lowest BCUT2D eigenvalue weighted by atomic mass is 9.76. The third-order valence-electron chi connectivity index (χ3n) is 6.61. The van der Waals surface area contributed by atoms with Crippen molar-refractivity contribution in [2.24, 2.45) is 5.92 Å². The van der Waals surface area contributed by atoms with Crippen molar-refractivity contribution in [3.63, 3.8) is 0 Å². The first kappa shape index (κ1) is 20.2. The number of anilines is 2. The molecule has 0 saturated carbocycles. The molecule has 2 aliphatic rings. The maximum absolute atomic E-state index is 13.7. The van der Waals surface area contributed by atoms with E-state index >= 15 is 0 Å². The molecule has 3 N–H and O–H groups in total. The lowest BCUT2D eigenvalue weighted by molar-refractivity contribution is 0.0988. The molecule has 3 unspecified atom stereocenters. The Labute approximate surface area is 187 Å². The highest BCUT2D eigenvalue weighted by molar-refractivity contribution is 6.10. The van der Waals surface area contributed by atoms with Crippen LogP contribution >= 0.6 is 0 Å². The van der Waals surface area contributed by atoms with Crippen LogP contribution in [0.25, 0.3) is 0 Å². The topological polar surface area (TPSA) is 72.8 Å². The number of hydrogen-bond acceptors (Lipinski definition) is 4. The SMILES string of the molecule is CCN(C(=O)c1cccc2c1NC(c1ccc(O)cc1O)C1CC=CC21)c1ccccc1. The second kappa shape index (κ2) is 8.08. The molecule has 3 aromatic rings. The van der Waals surface area contributed by atoms with E-state index in [4.69, 9.17) is 0 Å². The van der Waals surface area contributed by atoms with E-state index in [2.05, 4.69) is 23.5 Å². The summed E-state index contributed by atoms with van der Waals surface area (Å²) in [5.41, 5.74) is 4.13. The number of benzene rings is 3. The van der Waals surface area contributed by atoms with Gasteiger partial charge in [-0.3, -0.25) is 4.79 Å². The van der Waals surface area contributed by atoms with Gasteiger partial charge in [0.25, 0.3) is 5.91 Å². The second-order valence-corrected chi connectivity index (χ2v) is 8.37. The zero-order chi connectivity index (χ0) is 22.2. The molecule has 0 spiro atoms. The number of amides is 1. The molecule has 1 aliphatic heterocycles. The van der Waals surface area contributed by atoms with Gasteiger partial charge in [-0.15, -0.1) is 0 Å². The Morgan fingerprint density at radius 1 is 1.03 bits per heavy atom. The lowest BCUT2D eigenvalue weighted by Crippen LogP contribution is -2.34. The van der Waals surface area contributed by atoms with E-state index in [1.165, 1.54) is 6.07 Å². The fourth-order valence-electron chi connectivity index (χ4n) is 5.10. The molecule has 1 amide bonds. The van der Waals surface area contributed by atoms with E-state index in [1.54, 1.807) is 17.0 Å². The monoisotopic (exact) mass is 426 g/mol. The normalized spacial score (nSPS) is 20.8. The average molecular weight is 427 g/mol. The average Bonchev–Trinajstić information content (AvgIpc) is 3.30. The van der Waals surface area contributed by atoms with Crippen LogP contribution < -0.4 is 10.2 Å². The summed E-state index contributed by atoms with van der Waals surface area (Å²) < 4.78 is 0. The predicted octanol–water partition coefficient (Wildman–Crippen LogP) is 5.59. The Morgan fingerprint density at radius 3 is 2.59 bits per heavy atom. The first-order chi connectivity index (χ1) is 15.6. The van der Waals surface area contributed by atoms with Crippen molar-refractivity contribution in [3.05, 3.63) is 95.6 Å². The Balaban J connectivity index is 1.59. The van der Waals surface area contributed by atoms with Crippen LogP contribution in [-0.2, 0) is 0 Å². The van der Waals surface area contributed by atoms with E-state index in [0.29, 0.717) is 12.1 Å². The van der Waals surface area contributed by atoms with Crippen molar-refractivity contribution in [1.82, 2.24) is 0 Å². The number of rotatable bonds is 4. The number of nitrogens with zero attached hydrogens (tertiary/aromatic N) is 1. The summed E-state index contributed by atoms with van der Waals surface area (Å²) in [5.74, 6) is 0.404. The minimum Gasteiger partial charge on any atom is -0.508 e.